The average Bonchev–Trinajstić information content (AvgIpc) is 3.46. The number of benzene rings is 2. The number of nitrogens with one attached hydrogen (secondary N) is 1. The molecule has 0 saturated carbocycles. The van der Waals surface area contributed by atoms with Crippen molar-refractivity contribution >= 4 is 23.0 Å². The highest BCUT2D eigenvalue weighted by Crippen LogP contribution is 2.29. The molecule has 208 valence electrons. The van der Waals surface area contributed by atoms with E-state index in [0.717, 1.165) is 54.9 Å². The quantitative estimate of drug-likeness (QED) is 0.225. The Bertz CT molecular complexity index is 1240. The number of thiophene rings is 1. The molecule has 0 aliphatic carbocycles. The Hall–Kier alpha value is -3.37. The van der Waals surface area contributed by atoms with Crippen LogP contribution in [0.3, 0.4) is 0 Å². The fraction of sp³-hybridized carbons (Fsp3) is 0.379. The number of hydrogen-bond donors (Lipinski definition) is 1. The van der Waals surface area contributed by atoms with Crippen molar-refractivity contribution in [2.45, 2.75) is 39.0 Å². The monoisotopic (exact) mass is 560 g/mol. The zero-order valence-electron chi connectivity index (χ0n) is 21.6. The molecule has 3 aromatic rings. The first-order valence-corrected chi connectivity index (χ1v) is 13.7. The minimum absolute atomic E-state index is 0.0498. The van der Waals surface area contributed by atoms with Crippen molar-refractivity contribution in [3.05, 3.63) is 87.1 Å². The van der Waals surface area contributed by atoms with Crippen LogP contribution in [0.2, 0.25) is 0 Å². The summed E-state index contributed by atoms with van der Waals surface area (Å²) in [6.45, 7) is 4.03. The van der Waals surface area contributed by atoms with Crippen LogP contribution in [0, 0.1) is 12.8 Å². The second-order valence-electron chi connectivity index (χ2n) is 9.44. The number of alkyl halides is 3. The maximum Gasteiger partial charge on any atom is 0.416 e. The van der Waals surface area contributed by atoms with E-state index >= 15 is 0 Å². The molecule has 2 heterocycles. The van der Waals surface area contributed by atoms with Gasteiger partial charge in [-0.05, 0) is 77.4 Å². The molecule has 2 aromatic carbocycles. The molecule has 0 spiro atoms. The molecule has 4 rings (SSSR count). The summed E-state index contributed by atoms with van der Waals surface area (Å²) in [4.78, 5) is 17.8. The Labute approximate surface area is 229 Å². The topological polar surface area (TPSA) is 69.2 Å². The molecule has 0 atom stereocenters. The summed E-state index contributed by atoms with van der Waals surface area (Å²) in [5, 5.41) is 11.1. The van der Waals surface area contributed by atoms with Crippen molar-refractivity contribution in [3.63, 3.8) is 0 Å². The van der Waals surface area contributed by atoms with Crippen LogP contribution in [0.15, 0.2) is 64.4 Å². The van der Waals surface area contributed by atoms with Crippen LogP contribution in [0.25, 0.3) is 0 Å². The van der Waals surface area contributed by atoms with E-state index in [9.17, 15) is 18.0 Å². The van der Waals surface area contributed by atoms with Gasteiger partial charge in [0.2, 0.25) is 0 Å². The van der Waals surface area contributed by atoms with E-state index in [0.29, 0.717) is 35.9 Å². The molecule has 1 aromatic heterocycles. The maximum absolute atomic E-state index is 12.8. The standard InChI is InChI=1S/C29H31F3N2O4S/c1-20-14-23(4-7-27(20)37-18-28(35)33-16-21-8-11-36-12-9-21)15-26(24-10-13-39-19-24)34-38-17-22-2-5-25(6-3-22)29(30,31)32/h2-7,10,13-14,19,21H,8-9,11-12,15-18H2,1H3,(H,33,35). The minimum atomic E-state index is -4.38. The summed E-state index contributed by atoms with van der Waals surface area (Å²) in [5.74, 6) is 0.927. The molecule has 1 saturated heterocycles. The Balaban J connectivity index is 1.32. The van der Waals surface area contributed by atoms with E-state index in [1.54, 1.807) is 0 Å². The molecule has 1 fully saturated rings. The van der Waals surface area contributed by atoms with E-state index in [2.05, 4.69) is 10.5 Å². The van der Waals surface area contributed by atoms with Crippen LogP contribution in [0.4, 0.5) is 13.2 Å². The molecule has 1 amide bonds. The molecule has 10 heteroatoms. The lowest BCUT2D eigenvalue weighted by atomic mass is 10.0. The van der Waals surface area contributed by atoms with Crippen LogP contribution in [-0.2, 0) is 33.6 Å². The smallest absolute Gasteiger partial charge is 0.416 e. The summed E-state index contributed by atoms with van der Waals surface area (Å²) in [6.07, 6.45) is -1.98. The number of carbonyl (C=O) groups excluding carboxylic acids is 1. The number of aryl methyl sites for hydroxylation is 1. The Morgan fingerprint density at radius 2 is 1.85 bits per heavy atom. The van der Waals surface area contributed by atoms with Crippen molar-refractivity contribution in [1.29, 1.82) is 0 Å². The highest BCUT2D eigenvalue weighted by atomic mass is 32.1. The van der Waals surface area contributed by atoms with Gasteiger partial charge in [0, 0.05) is 31.7 Å². The van der Waals surface area contributed by atoms with Crippen molar-refractivity contribution in [2.24, 2.45) is 11.1 Å². The third kappa shape index (κ3) is 8.83. The van der Waals surface area contributed by atoms with Gasteiger partial charge in [0.05, 0.1) is 11.3 Å². The number of carbonyl (C=O) groups is 1. The summed E-state index contributed by atoms with van der Waals surface area (Å²) in [5.41, 5.74) is 3.36. The molecule has 6 nitrogen and oxygen atoms in total. The Morgan fingerprint density at radius 1 is 1.10 bits per heavy atom. The van der Waals surface area contributed by atoms with Gasteiger partial charge < -0.3 is 19.6 Å². The first kappa shape index (κ1) is 28.6. The fourth-order valence-electron chi connectivity index (χ4n) is 4.17. The van der Waals surface area contributed by atoms with Gasteiger partial charge >= 0.3 is 6.18 Å². The van der Waals surface area contributed by atoms with Crippen molar-refractivity contribution in [3.8, 4) is 5.75 Å². The van der Waals surface area contributed by atoms with Gasteiger partial charge in [0.25, 0.3) is 5.91 Å². The fourth-order valence-corrected chi connectivity index (χ4v) is 4.84. The molecule has 1 aliphatic heterocycles. The molecular formula is C29H31F3N2O4S. The van der Waals surface area contributed by atoms with Crippen molar-refractivity contribution in [1.82, 2.24) is 5.32 Å². The molecule has 0 unspecified atom stereocenters. The van der Waals surface area contributed by atoms with Crippen LogP contribution in [0.1, 0.15) is 40.7 Å². The Kier molecular flexibility index (Phi) is 10.00. The lowest BCUT2D eigenvalue weighted by Crippen LogP contribution is -2.35. The van der Waals surface area contributed by atoms with E-state index in [1.807, 2.05) is 41.9 Å². The van der Waals surface area contributed by atoms with Crippen LogP contribution < -0.4 is 10.1 Å². The zero-order chi connectivity index (χ0) is 27.7. The number of rotatable bonds is 11. The second kappa shape index (κ2) is 13.6. The summed E-state index contributed by atoms with van der Waals surface area (Å²) < 4.78 is 49.5. The lowest BCUT2D eigenvalue weighted by molar-refractivity contribution is -0.137. The van der Waals surface area contributed by atoms with Gasteiger partial charge in [0.1, 0.15) is 12.4 Å². The molecule has 0 bridgehead atoms. The van der Waals surface area contributed by atoms with Gasteiger partial charge in [-0.2, -0.15) is 24.5 Å². The zero-order valence-corrected chi connectivity index (χ0v) is 22.4. The van der Waals surface area contributed by atoms with Gasteiger partial charge in [0.15, 0.2) is 6.61 Å². The second-order valence-corrected chi connectivity index (χ2v) is 10.2. The number of ether oxygens (including phenoxy) is 2. The highest BCUT2D eigenvalue weighted by molar-refractivity contribution is 7.08. The predicted molar refractivity (Wildman–Crippen MR) is 144 cm³/mol. The maximum atomic E-state index is 12.8. The number of amides is 1. The molecule has 1 N–H and O–H groups in total. The number of halogens is 3. The number of nitrogens with zero attached hydrogens (tertiary/aromatic N) is 1. The molecule has 39 heavy (non-hydrogen) atoms. The van der Waals surface area contributed by atoms with Gasteiger partial charge in [-0.25, -0.2) is 0 Å². The summed E-state index contributed by atoms with van der Waals surface area (Å²) in [6, 6.07) is 12.5. The van der Waals surface area contributed by atoms with Crippen LogP contribution >= 0.6 is 11.3 Å². The van der Waals surface area contributed by atoms with E-state index < -0.39 is 11.7 Å². The van der Waals surface area contributed by atoms with Crippen molar-refractivity contribution < 1.29 is 32.3 Å². The van der Waals surface area contributed by atoms with Crippen molar-refractivity contribution in [2.75, 3.05) is 26.4 Å². The van der Waals surface area contributed by atoms with E-state index in [-0.39, 0.29) is 19.1 Å². The average molecular weight is 561 g/mol. The van der Waals surface area contributed by atoms with Crippen LogP contribution in [0.5, 0.6) is 5.75 Å². The molecule has 1 aliphatic rings. The lowest BCUT2D eigenvalue weighted by Gasteiger charge is -2.22. The first-order chi connectivity index (χ1) is 18.8. The van der Waals surface area contributed by atoms with E-state index in [1.165, 1.54) is 23.5 Å². The third-order valence-corrected chi connectivity index (χ3v) is 7.12. The third-order valence-electron chi connectivity index (χ3n) is 6.44. The minimum Gasteiger partial charge on any atom is -0.484 e. The first-order valence-electron chi connectivity index (χ1n) is 12.7. The van der Waals surface area contributed by atoms with Crippen LogP contribution in [-0.4, -0.2) is 38.0 Å². The van der Waals surface area contributed by atoms with Gasteiger partial charge in [-0.3, -0.25) is 4.79 Å². The highest BCUT2D eigenvalue weighted by Gasteiger charge is 2.29. The SMILES string of the molecule is Cc1cc(CC(=NOCc2ccc(C(F)(F)F)cc2)c2ccsc2)ccc1OCC(=O)NCC1CCOCC1. The molecule has 0 radical (unpaired) electrons. The number of oxime groups is 1. The van der Waals surface area contributed by atoms with Gasteiger partial charge in [-0.1, -0.05) is 29.4 Å². The normalized spacial score (nSPS) is 14.7. The summed E-state index contributed by atoms with van der Waals surface area (Å²) in [7, 11) is 0. The predicted octanol–water partition coefficient (Wildman–Crippen LogP) is 6.16. The van der Waals surface area contributed by atoms with E-state index in [4.69, 9.17) is 14.3 Å². The molecular weight excluding hydrogens is 529 g/mol. The summed E-state index contributed by atoms with van der Waals surface area (Å²) >= 11 is 1.53. The number of hydrogen-bond acceptors (Lipinski definition) is 6. The largest absolute Gasteiger partial charge is 0.484 e. The Morgan fingerprint density at radius 3 is 2.51 bits per heavy atom. The van der Waals surface area contributed by atoms with Gasteiger partial charge in [-0.15, -0.1) is 0 Å².